The summed E-state index contributed by atoms with van der Waals surface area (Å²) in [5.74, 6) is 0.413. The average molecular weight is 301 g/mol. The lowest BCUT2D eigenvalue weighted by molar-refractivity contribution is -0.125. The van der Waals surface area contributed by atoms with Crippen LogP contribution in [-0.4, -0.2) is 29.0 Å². The summed E-state index contributed by atoms with van der Waals surface area (Å²) in [6.07, 6.45) is 7.15. The van der Waals surface area contributed by atoms with Crippen LogP contribution in [0.2, 0.25) is 0 Å². The van der Waals surface area contributed by atoms with Crippen molar-refractivity contribution in [2.45, 2.75) is 44.4 Å². The van der Waals surface area contributed by atoms with Gasteiger partial charge in [0.15, 0.2) is 5.78 Å². The smallest absolute Gasteiger partial charge is 0.236 e. The Labute approximate surface area is 129 Å². The summed E-state index contributed by atoms with van der Waals surface area (Å²) in [4.78, 5) is 23.3. The van der Waals surface area contributed by atoms with Crippen LogP contribution in [0.5, 0.6) is 5.88 Å². The number of aromatic nitrogens is 2. The summed E-state index contributed by atoms with van der Waals surface area (Å²) >= 11 is 0. The Morgan fingerprint density at radius 2 is 1.95 bits per heavy atom. The number of ether oxygens (including phenoxy) is 1. The fraction of sp³-hybridized carbons (Fsp3) is 0.500. The second kappa shape index (κ2) is 6.25. The van der Waals surface area contributed by atoms with E-state index >= 15 is 0 Å². The number of amides is 1. The van der Waals surface area contributed by atoms with Gasteiger partial charge in [-0.3, -0.25) is 9.59 Å². The number of hydrogen-bond acceptors (Lipinski definition) is 5. The Balaban J connectivity index is 1.96. The highest BCUT2D eigenvalue weighted by molar-refractivity contribution is 6.27. The van der Waals surface area contributed by atoms with Gasteiger partial charge in [0.1, 0.15) is 0 Å². The van der Waals surface area contributed by atoms with E-state index in [0.717, 1.165) is 18.4 Å². The van der Waals surface area contributed by atoms with Gasteiger partial charge in [-0.2, -0.15) is 0 Å². The highest BCUT2D eigenvalue weighted by Gasteiger charge is 2.25. The second-order valence-corrected chi connectivity index (χ2v) is 5.75. The normalized spacial score (nSPS) is 19.6. The predicted molar refractivity (Wildman–Crippen MR) is 80.2 cm³/mol. The molecule has 1 aromatic rings. The molecular formula is C16H19N3O3. The minimum Gasteiger partial charge on any atom is -0.480 e. The first kappa shape index (κ1) is 14.7. The number of nitrogens with zero attached hydrogens (tertiary/aromatic N) is 2. The zero-order chi connectivity index (χ0) is 15.5. The number of nitrogens with one attached hydrogen (secondary N) is 1. The number of Topliss-reactive ketones (excluding diaryl/α,β-unsaturated/α-hetero) is 1. The van der Waals surface area contributed by atoms with Gasteiger partial charge in [-0.25, -0.2) is 0 Å². The molecule has 0 aromatic carbocycles. The molecule has 0 saturated heterocycles. The number of ketones is 1. The van der Waals surface area contributed by atoms with Crippen LogP contribution in [0, 0.1) is 0 Å². The van der Waals surface area contributed by atoms with Crippen molar-refractivity contribution in [3.8, 4) is 5.88 Å². The lowest BCUT2D eigenvalue weighted by atomic mass is 9.84. The average Bonchev–Trinajstić information content (AvgIpc) is 2.55. The lowest BCUT2D eigenvalue weighted by Crippen LogP contribution is -2.27. The van der Waals surface area contributed by atoms with E-state index in [9.17, 15) is 9.59 Å². The standard InChI is InChI=1S/C16H19N3O3/c1-22-16-11(10-5-3-2-4-6-10)7-13(18-19-16)12-9-17-15(21)8-14(12)20/h7,9-10H,2-6,8H2,1H3,(H,17,21). The molecule has 0 atom stereocenters. The molecule has 6 heteroatoms. The van der Waals surface area contributed by atoms with Crippen molar-refractivity contribution in [2.24, 2.45) is 0 Å². The summed E-state index contributed by atoms with van der Waals surface area (Å²) in [5.41, 5.74) is 1.93. The topological polar surface area (TPSA) is 81.2 Å². The third-order valence-corrected chi connectivity index (χ3v) is 4.30. The molecule has 3 rings (SSSR count). The predicted octanol–water partition coefficient (Wildman–Crippen LogP) is 1.96. The van der Waals surface area contributed by atoms with Crippen molar-refractivity contribution in [3.63, 3.8) is 0 Å². The molecule has 116 valence electrons. The molecule has 2 aliphatic rings. The molecule has 1 aliphatic heterocycles. The molecule has 1 aliphatic carbocycles. The van der Waals surface area contributed by atoms with Gasteiger partial charge in [0, 0.05) is 11.8 Å². The van der Waals surface area contributed by atoms with E-state index in [2.05, 4.69) is 15.5 Å². The van der Waals surface area contributed by atoms with Gasteiger partial charge in [0.2, 0.25) is 11.8 Å². The van der Waals surface area contributed by atoms with Crippen molar-refractivity contribution in [3.05, 3.63) is 23.5 Å². The van der Waals surface area contributed by atoms with Crippen LogP contribution in [0.1, 0.15) is 55.7 Å². The lowest BCUT2D eigenvalue weighted by Gasteiger charge is -2.23. The fourth-order valence-corrected chi connectivity index (χ4v) is 3.13. The fourth-order valence-electron chi connectivity index (χ4n) is 3.13. The van der Waals surface area contributed by atoms with Crippen LogP contribution < -0.4 is 10.1 Å². The number of carbonyl (C=O) groups is 2. The van der Waals surface area contributed by atoms with E-state index < -0.39 is 0 Å². The summed E-state index contributed by atoms with van der Waals surface area (Å²) in [6, 6.07) is 1.89. The SMILES string of the molecule is COc1nnc(C2=CNC(=O)CC2=O)cc1C1CCCCC1. The molecule has 6 nitrogen and oxygen atoms in total. The van der Waals surface area contributed by atoms with Crippen molar-refractivity contribution in [1.29, 1.82) is 0 Å². The Morgan fingerprint density at radius 3 is 2.64 bits per heavy atom. The molecule has 0 radical (unpaired) electrons. The molecule has 0 spiro atoms. The molecular weight excluding hydrogens is 282 g/mol. The minimum atomic E-state index is -0.289. The second-order valence-electron chi connectivity index (χ2n) is 5.75. The Hall–Kier alpha value is -2.24. The van der Waals surface area contributed by atoms with E-state index in [1.807, 2.05) is 6.07 Å². The van der Waals surface area contributed by atoms with Crippen molar-refractivity contribution >= 4 is 17.3 Å². The molecule has 2 heterocycles. The maximum Gasteiger partial charge on any atom is 0.236 e. The summed E-state index contributed by atoms with van der Waals surface area (Å²) < 4.78 is 5.34. The maximum atomic E-state index is 12.0. The van der Waals surface area contributed by atoms with E-state index in [1.165, 1.54) is 25.5 Å². The van der Waals surface area contributed by atoms with Crippen molar-refractivity contribution in [1.82, 2.24) is 15.5 Å². The van der Waals surface area contributed by atoms with E-state index in [-0.39, 0.29) is 18.1 Å². The number of hydrogen-bond donors (Lipinski definition) is 1. The van der Waals surface area contributed by atoms with Gasteiger partial charge >= 0.3 is 0 Å². The maximum absolute atomic E-state index is 12.0. The number of methoxy groups -OCH3 is 1. The van der Waals surface area contributed by atoms with Crippen LogP contribution in [-0.2, 0) is 9.59 Å². The molecule has 1 saturated carbocycles. The summed E-state index contributed by atoms with van der Waals surface area (Å²) in [5, 5.41) is 10.8. The summed E-state index contributed by atoms with van der Waals surface area (Å²) in [7, 11) is 1.58. The summed E-state index contributed by atoms with van der Waals surface area (Å²) in [6.45, 7) is 0. The number of carbonyl (C=O) groups excluding carboxylic acids is 2. The first-order valence-corrected chi connectivity index (χ1v) is 7.63. The molecule has 1 fully saturated rings. The molecule has 0 unspecified atom stereocenters. The molecule has 1 N–H and O–H groups in total. The van der Waals surface area contributed by atoms with Crippen LogP contribution in [0.3, 0.4) is 0 Å². The van der Waals surface area contributed by atoms with E-state index in [4.69, 9.17) is 4.74 Å². The Morgan fingerprint density at radius 1 is 1.18 bits per heavy atom. The van der Waals surface area contributed by atoms with Crippen LogP contribution in [0.15, 0.2) is 12.3 Å². The number of allylic oxidation sites excluding steroid dienone is 1. The molecule has 1 aromatic heterocycles. The van der Waals surface area contributed by atoms with E-state index in [1.54, 1.807) is 7.11 Å². The highest BCUT2D eigenvalue weighted by atomic mass is 16.5. The van der Waals surface area contributed by atoms with Crippen molar-refractivity contribution < 1.29 is 14.3 Å². The van der Waals surface area contributed by atoms with Gasteiger partial charge in [0.05, 0.1) is 24.8 Å². The van der Waals surface area contributed by atoms with E-state index in [0.29, 0.717) is 23.1 Å². The third kappa shape index (κ3) is 2.86. The van der Waals surface area contributed by atoms with Gasteiger partial charge in [-0.1, -0.05) is 19.3 Å². The zero-order valence-electron chi connectivity index (χ0n) is 12.6. The molecule has 0 bridgehead atoms. The van der Waals surface area contributed by atoms with Gasteiger partial charge in [-0.15, -0.1) is 10.2 Å². The molecule has 22 heavy (non-hydrogen) atoms. The van der Waals surface area contributed by atoms with Gasteiger partial charge < -0.3 is 10.1 Å². The molecule has 1 amide bonds. The van der Waals surface area contributed by atoms with Gasteiger partial charge in [0.25, 0.3) is 0 Å². The monoisotopic (exact) mass is 301 g/mol. The quantitative estimate of drug-likeness (QED) is 0.863. The van der Waals surface area contributed by atoms with Crippen molar-refractivity contribution in [2.75, 3.05) is 7.11 Å². The number of rotatable bonds is 3. The minimum absolute atomic E-state index is 0.141. The highest BCUT2D eigenvalue weighted by Crippen LogP contribution is 2.37. The van der Waals surface area contributed by atoms with Crippen LogP contribution in [0.25, 0.3) is 5.57 Å². The first-order chi connectivity index (χ1) is 10.7. The third-order valence-electron chi connectivity index (χ3n) is 4.30. The zero-order valence-corrected chi connectivity index (χ0v) is 12.6. The Bertz CT molecular complexity index is 634. The van der Waals surface area contributed by atoms with Crippen LogP contribution >= 0.6 is 0 Å². The first-order valence-electron chi connectivity index (χ1n) is 7.63. The van der Waals surface area contributed by atoms with Crippen LogP contribution in [0.4, 0.5) is 0 Å². The van der Waals surface area contributed by atoms with Gasteiger partial charge in [-0.05, 0) is 24.8 Å². The largest absolute Gasteiger partial charge is 0.480 e. The Kier molecular flexibility index (Phi) is 4.18.